The number of nitrogens with one attached hydrogen (secondary N) is 1. The lowest BCUT2D eigenvalue weighted by molar-refractivity contribution is 0.0777. The molecule has 2 aliphatic heterocycles. The summed E-state index contributed by atoms with van der Waals surface area (Å²) >= 11 is 12.1. The molecule has 0 aromatic heterocycles. The fraction of sp³-hybridized carbons (Fsp3) is 0.0909. The average Bonchev–Trinajstić information content (AvgIpc) is 2.82. The van der Waals surface area contributed by atoms with Crippen LogP contribution in [0.1, 0.15) is 5.56 Å². The van der Waals surface area contributed by atoms with Crippen LogP contribution in [0.3, 0.4) is 0 Å². The van der Waals surface area contributed by atoms with Crippen LogP contribution in [0.4, 0.5) is 0 Å². The van der Waals surface area contributed by atoms with Gasteiger partial charge in [0.2, 0.25) is 9.84 Å². The Morgan fingerprint density at radius 2 is 1.89 bits per heavy atom. The van der Waals surface area contributed by atoms with E-state index in [1.807, 2.05) is 0 Å². The van der Waals surface area contributed by atoms with Gasteiger partial charge in [-0.25, -0.2) is 8.42 Å². The summed E-state index contributed by atoms with van der Waals surface area (Å²) in [6.07, 6.45) is 0.854. The van der Waals surface area contributed by atoms with Gasteiger partial charge in [-0.2, -0.15) is 0 Å². The lowest BCUT2D eigenvalue weighted by Crippen LogP contribution is -2.10. The topological polar surface area (TPSA) is 55.4 Å². The van der Waals surface area contributed by atoms with Gasteiger partial charge in [0.25, 0.3) is 0 Å². The third kappa shape index (κ3) is 1.66. The van der Waals surface area contributed by atoms with Gasteiger partial charge in [0, 0.05) is 11.0 Å². The highest BCUT2D eigenvalue weighted by Gasteiger charge is 2.39. The summed E-state index contributed by atoms with van der Waals surface area (Å²) in [6, 6.07) is 4.97. The summed E-state index contributed by atoms with van der Waals surface area (Å²) in [5.74, 6) is 0. The standard InChI is InChI=1S/C11H7Cl2NO3S/c12-6-2-1-3-7(13)9(6)10-11-8(17-14-10)4-5-18(11,15)16/h1-5,8,14H/t8-/m0/s1. The molecular weight excluding hydrogens is 297 g/mol. The Balaban J connectivity index is 2.28. The van der Waals surface area contributed by atoms with Crippen molar-refractivity contribution in [2.45, 2.75) is 6.10 Å². The summed E-state index contributed by atoms with van der Waals surface area (Å²) in [4.78, 5) is 5.33. The molecule has 2 aliphatic rings. The van der Waals surface area contributed by atoms with Crippen LogP contribution in [0, 0.1) is 0 Å². The quantitative estimate of drug-likeness (QED) is 0.866. The summed E-state index contributed by atoms with van der Waals surface area (Å²) in [5.41, 5.74) is 3.33. The van der Waals surface area contributed by atoms with E-state index in [1.165, 1.54) is 6.08 Å². The van der Waals surface area contributed by atoms with E-state index >= 15 is 0 Å². The normalized spacial score (nSPS) is 24.2. The van der Waals surface area contributed by atoms with Gasteiger partial charge in [-0.3, -0.25) is 10.3 Å². The Kier molecular flexibility index (Phi) is 2.67. The molecular formula is C11H7Cl2NO3S. The minimum absolute atomic E-state index is 0.150. The Morgan fingerprint density at radius 3 is 2.56 bits per heavy atom. The zero-order valence-electron chi connectivity index (χ0n) is 8.85. The minimum atomic E-state index is -3.46. The summed E-state index contributed by atoms with van der Waals surface area (Å²) in [7, 11) is -3.46. The number of halogens is 2. The third-order valence-electron chi connectivity index (χ3n) is 2.74. The van der Waals surface area contributed by atoms with E-state index in [-0.39, 0.29) is 4.91 Å². The number of hydroxylamine groups is 1. The summed E-state index contributed by atoms with van der Waals surface area (Å²) in [5, 5.41) is 1.85. The molecule has 0 fully saturated rings. The second kappa shape index (κ2) is 3.99. The van der Waals surface area contributed by atoms with Crippen molar-refractivity contribution in [3.05, 3.63) is 50.2 Å². The molecule has 0 saturated heterocycles. The predicted molar refractivity (Wildman–Crippen MR) is 69.5 cm³/mol. The first kappa shape index (κ1) is 12.0. The smallest absolute Gasteiger partial charge is 0.200 e. The number of benzene rings is 1. The zero-order chi connectivity index (χ0) is 12.9. The van der Waals surface area contributed by atoms with E-state index in [1.54, 1.807) is 18.2 Å². The van der Waals surface area contributed by atoms with Gasteiger partial charge >= 0.3 is 0 Å². The average molecular weight is 304 g/mol. The summed E-state index contributed by atoms with van der Waals surface area (Å²) < 4.78 is 23.8. The molecule has 0 bridgehead atoms. The van der Waals surface area contributed by atoms with Gasteiger partial charge in [-0.05, 0) is 18.2 Å². The van der Waals surface area contributed by atoms with Gasteiger partial charge in [0.15, 0.2) is 0 Å². The zero-order valence-corrected chi connectivity index (χ0v) is 11.2. The van der Waals surface area contributed by atoms with Crippen molar-refractivity contribution in [1.82, 2.24) is 5.48 Å². The monoisotopic (exact) mass is 303 g/mol. The highest BCUT2D eigenvalue weighted by molar-refractivity contribution is 7.98. The van der Waals surface area contributed by atoms with Gasteiger partial charge < -0.3 is 0 Å². The highest BCUT2D eigenvalue weighted by atomic mass is 35.5. The molecule has 0 radical (unpaired) electrons. The first-order valence-corrected chi connectivity index (χ1v) is 7.34. The fourth-order valence-electron chi connectivity index (χ4n) is 1.96. The molecule has 94 valence electrons. The van der Waals surface area contributed by atoms with Gasteiger partial charge in [0.1, 0.15) is 11.0 Å². The van der Waals surface area contributed by atoms with Crippen LogP contribution in [0.2, 0.25) is 10.0 Å². The van der Waals surface area contributed by atoms with Crippen molar-refractivity contribution < 1.29 is 13.3 Å². The van der Waals surface area contributed by atoms with Crippen LogP contribution in [0.25, 0.3) is 5.70 Å². The van der Waals surface area contributed by atoms with Crippen molar-refractivity contribution in [3.63, 3.8) is 0 Å². The highest BCUT2D eigenvalue weighted by Crippen LogP contribution is 2.40. The first-order chi connectivity index (χ1) is 8.50. The second-order valence-corrected chi connectivity index (χ2v) is 6.47. The molecule has 0 amide bonds. The van der Waals surface area contributed by atoms with Gasteiger partial charge in [-0.1, -0.05) is 29.3 Å². The third-order valence-corrected chi connectivity index (χ3v) is 4.94. The lowest BCUT2D eigenvalue weighted by atomic mass is 10.1. The van der Waals surface area contributed by atoms with E-state index in [4.69, 9.17) is 28.0 Å². The maximum Gasteiger partial charge on any atom is 0.200 e. The molecule has 1 aromatic rings. The van der Waals surface area contributed by atoms with Gasteiger partial charge in [-0.15, -0.1) is 0 Å². The second-order valence-electron chi connectivity index (χ2n) is 3.85. The number of sulfone groups is 1. The molecule has 3 rings (SSSR count). The van der Waals surface area contributed by atoms with Gasteiger partial charge in [0.05, 0.1) is 15.7 Å². The molecule has 1 aromatic carbocycles. The van der Waals surface area contributed by atoms with Crippen LogP contribution in [-0.2, 0) is 14.7 Å². The molecule has 7 heteroatoms. The molecule has 0 unspecified atom stereocenters. The van der Waals surface area contributed by atoms with Crippen LogP contribution in [-0.4, -0.2) is 14.5 Å². The molecule has 0 aliphatic carbocycles. The van der Waals surface area contributed by atoms with Crippen LogP contribution < -0.4 is 5.48 Å². The van der Waals surface area contributed by atoms with Crippen LogP contribution >= 0.6 is 23.2 Å². The number of fused-ring (bicyclic) bond motifs is 1. The Hall–Kier alpha value is -1.01. The molecule has 0 saturated carbocycles. The van der Waals surface area contributed by atoms with Crippen molar-refractivity contribution in [3.8, 4) is 0 Å². The van der Waals surface area contributed by atoms with E-state index in [2.05, 4.69) is 5.48 Å². The van der Waals surface area contributed by atoms with Crippen LogP contribution in [0.15, 0.2) is 34.6 Å². The SMILES string of the molecule is O=S1(=O)C=C[C@@H]2ONC(c3c(Cl)cccc3Cl)=C21. The first-order valence-electron chi connectivity index (χ1n) is 5.04. The van der Waals surface area contributed by atoms with E-state index < -0.39 is 15.9 Å². The minimum Gasteiger partial charge on any atom is -0.264 e. The molecule has 1 N–H and O–H groups in total. The Labute approximate surface area is 114 Å². The van der Waals surface area contributed by atoms with Crippen LogP contribution in [0.5, 0.6) is 0 Å². The molecule has 2 heterocycles. The molecule has 4 nitrogen and oxygen atoms in total. The molecule has 18 heavy (non-hydrogen) atoms. The van der Waals surface area contributed by atoms with E-state index in [9.17, 15) is 8.42 Å². The van der Waals surface area contributed by atoms with E-state index in [0.717, 1.165) is 5.41 Å². The predicted octanol–water partition coefficient (Wildman–Crippen LogP) is 2.51. The Bertz CT molecular complexity index is 674. The fourth-order valence-corrected chi connectivity index (χ4v) is 3.92. The Morgan fingerprint density at radius 1 is 1.22 bits per heavy atom. The molecule has 0 spiro atoms. The lowest BCUT2D eigenvalue weighted by Gasteiger charge is -2.09. The largest absolute Gasteiger partial charge is 0.264 e. The van der Waals surface area contributed by atoms with Crippen molar-refractivity contribution in [2.24, 2.45) is 0 Å². The van der Waals surface area contributed by atoms with Crippen molar-refractivity contribution in [1.29, 1.82) is 0 Å². The number of hydrogen-bond donors (Lipinski definition) is 1. The maximum absolute atomic E-state index is 11.9. The van der Waals surface area contributed by atoms with Crippen molar-refractivity contribution >= 4 is 38.7 Å². The summed E-state index contributed by atoms with van der Waals surface area (Å²) in [6.45, 7) is 0. The maximum atomic E-state index is 11.9. The number of hydrogen-bond acceptors (Lipinski definition) is 4. The van der Waals surface area contributed by atoms with E-state index in [0.29, 0.717) is 21.3 Å². The number of rotatable bonds is 1. The molecule has 1 atom stereocenters. The van der Waals surface area contributed by atoms with Crippen molar-refractivity contribution in [2.75, 3.05) is 0 Å².